The summed E-state index contributed by atoms with van der Waals surface area (Å²) >= 11 is 11.9. The summed E-state index contributed by atoms with van der Waals surface area (Å²) in [6, 6.07) is 21.3. The maximum absolute atomic E-state index is 12.4. The minimum atomic E-state index is -0.0129. The predicted octanol–water partition coefficient (Wildman–Crippen LogP) is 5.84. The lowest BCUT2D eigenvalue weighted by Gasteiger charge is -2.05. The standard InChI is InChI=1S/C22H16Cl2O2/c23-19-5-1-3-15(11-19)13-21(25)17-7-9-18(10-8-17)22(26)14-16-4-2-6-20(24)12-16/h1-12H,13-14H2. The molecule has 0 radical (unpaired) electrons. The van der Waals surface area contributed by atoms with Crippen molar-refractivity contribution in [3.05, 3.63) is 105 Å². The number of carbonyl (C=O) groups excluding carboxylic acids is 2. The third-order valence-corrected chi connectivity index (χ3v) is 4.51. The second-order valence-electron chi connectivity index (χ2n) is 6.04. The van der Waals surface area contributed by atoms with Crippen LogP contribution in [-0.2, 0) is 12.8 Å². The Morgan fingerprint density at radius 1 is 0.615 bits per heavy atom. The van der Waals surface area contributed by atoms with Crippen molar-refractivity contribution in [2.75, 3.05) is 0 Å². The fourth-order valence-electron chi connectivity index (χ4n) is 2.71. The van der Waals surface area contributed by atoms with Crippen LogP contribution in [0.1, 0.15) is 31.8 Å². The Bertz CT molecular complexity index is 868. The smallest absolute Gasteiger partial charge is 0.167 e. The van der Waals surface area contributed by atoms with Crippen molar-refractivity contribution < 1.29 is 9.59 Å². The highest BCUT2D eigenvalue weighted by Gasteiger charge is 2.11. The summed E-state index contributed by atoms with van der Waals surface area (Å²) in [5, 5.41) is 1.22. The van der Waals surface area contributed by atoms with Crippen molar-refractivity contribution in [2.45, 2.75) is 12.8 Å². The van der Waals surface area contributed by atoms with Gasteiger partial charge in [-0.2, -0.15) is 0 Å². The van der Waals surface area contributed by atoms with Crippen LogP contribution in [0.2, 0.25) is 10.0 Å². The third-order valence-electron chi connectivity index (χ3n) is 4.04. The molecule has 0 saturated heterocycles. The van der Waals surface area contributed by atoms with Gasteiger partial charge in [-0.15, -0.1) is 0 Å². The van der Waals surface area contributed by atoms with Gasteiger partial charge in [0.25, 0.3) is 0 Å². The molecule has 3 aromatic carbocycles. The minimum absolute atomic E-state index is 0.0129. The van der Waals surface area contributed by atoms with Gasteiger partial charge in [0.15, 0.2) is 11.6 Å². The van der Waals surface area contributed by atoms with E-state index in [0.29, 0.717) is 21.2 Å². The Kier molecular flexibility index (Phi) is 5.87. The van der Waals surface area contributed by atoms with Crippen LogP contribution < -0.4 is 0 Å². The normalized spacial score (nSPS) is 10.5. The van der Waals surface area contributed by atoms with E-state index in [1.807, 2.05) is 24.3 Å². The number of ketones is 2. The molecule has 0 aliphatic carbocycles. The van der Waals surface area contributed by atoms with Crippen molar-refractivity contribution in [2.24, 2.45) is 0 Å². The van der Waals surface area contributed by atoms with Gasteiger partial charge in [0, 0.05) is 34.0 Å². The Hall–Kier alpha value is -2.42. The largest absolute Gasteiger partial charge is 0.294 e. The number of halogens is 2. The van der Waals surface area contributed by atoms with Gasteiger partial charge < -0.3 is 0 Å². The molecule has 4 heteroatoms. The van der Waals surface area contributed by atoms with E-state index in [0.717, 1.165) is 11.1 Å². The van der Waals surface area contributed by atoms with E-state index < -0.39 is 0 Å². The average molecular weight is 383 g/mol. The Balaban J connectivity index is 1.67. The molecular weight excluding hydrogens is 367 g/mol. The number of hydrogen-bond acceptors (Lipinski definition) is 2. The van der Waals surface area contributed by atoms with Crippen LogP contribution in [0.5, 0.6) is 0 Å². The maximum atomic E-state index is 12.4. The van der Waals surface area contributed by atoms with Crippen molar-refractivity contribution in [3.63, 3.8) is 0 Å². The van der Waals surface area contributed by atoms with Crippen LogP contribution in [-0.4, -0.2) is 11.6 Å². The first-order valence-corrected chi connectivity index (χ1v) is 8.92. The van der Waals surface area contributed by atoms with Crippen LogP contribution in [0.4, 0.5) is 0 Å². The van der Waals surface area contributed by atoms with Gasteiger partial charge in [-0.05, 0) is 35.4 Å². The number of rotatable bonds is 6. The highest BCUT2D eigenvalue weighted by atomic mass is 35.5. The molecule has 0 aliphatic heterocycles. The van der Waals surface area contributed by atoms with Crippen LogP contribution in [0.3, 0.4) is 0 Å². The molecule has 0 amide bonds. The van der Waals surface area contributed by atoms with Crippen molar-refractivity contribution >= 4 is 34.8 Å². The first kappa shape index (κ1) is 18.4. The van der Waals surface area contributed by atoms with Crippen molar-refractivity contribution in [1.29, 1.82) is 0 Å². The summed E-state index contributed by atoms with van der Waals surface area (Å²) in [5.74, 6) is -0.0257. The molecular formula is C22H16Cl2O2. The second kappa shape index (κ2) is 8.31. The van der Waals surface area contributed by atoms with Gasteiger partial charge in [-0.1, -0.05) is 71.7 Å². The van der Waals surface area contributed by atoms with E-state index in [1.165, 1.54) is 0 Å². The molecule has 0 aliphatic rings. The molecule has 26 heavy (non-hydrogen) atoms. The van der Waals surface area contributed by atoms with E-state index in [1.54, 1.807) is 48.5 Å². The molecule has 130 valence electrons. The van der Waals surface area contributed by atoms with Crippen LogP contribution in [0, 0.1) is 0 Å². The second-order valence-corrected chi connectivity index (χ2v) is 6.91. The average Bonchev–Trinajstić information content (AvgIpc) is 2.62. The number of benzene rings is 3. The lowest BCUT2D eigenvalue weighted by atomic mass is 9.99. The Labute approximate surface area is 162 Å². The zero-order valence-corrected chi connectivity index (χ0v) is 15.4. The third kappa shape index (κ3) is 4.81. The van der Waals surface area contributed by atoms with Crippen molar-refractivity contribution in [1.82, 2.24) is 0 Å². The van der Waals surface area contributed by atoms with Crippen LogP contribution in [0.15, 0.2) is 72.8 Å². The Morgan fingerprint density at radius 3 is 1.35 bits per heavy atom. The fraction of sp³-hybridized carbons (Fsp3) is 0.0909. The molecule has 2 nitrogen and oxygen atoms in total. The molecule has 0 atom stereocenters. The van der Waals surface area contributed by atoms with Crippen molar-refractivity contribution in [3.8, 4) is 0 Å². The Morgan fingerprint density at radius 2 is 1.00 bits per heavy atom. The molecule has 0 aromatic heterocycles. The predicted molar refractivity (Wildman–Crippen MR) is 105 cm³/mol. The molecule has 3 rings (SSSR count). The minimum Gasteiger partial charge on any atom is -0.294 e. The van der Waals surface area contributed by atoms with E-state index in [9.17, 15) is 9.59 Å². The van der Waals surface area contributed by atoms with Gasteiger partial charge in [-0.3, -0.25) is 9.59 Å². The lowest BCUT2D eigenvalue weighted by Crippen LogP contribution is -2.06. The highest BCUT2D eigenvalue weighted by Crippen LogP contribution is 2.16. The quantitative estimate of drug-likeness (QED) is 0.501. The maximum Gasteiger partial charge on any atom is 0.167 e. The van der Waals surface area contributed by atoms with Gasteiger partial charge in [0.05, 0.1) is 0 Å². The fourth-order valence-corrected chi connectivity index (χ4v) is 3.14. The van der Waals surface area contributed by atoms with Crippen LogP contribution in [0.25, 0.3) is 0 Å². The lowest BCUT2D eigenvalue weighted by molar-refractivity contribution is 0.0981. The summed E-state index contributed by atoms with van der Waals surface area (Å²) in [5.41, 5.74) is 2.88. The first-order valence-electron chi connectivity index (χ1n) is 8.16. The van der Waals surface area contributed by atoms with Gasteiger partial charge >= 0.3 is 0 Å². The van der Waals surface area contributed by atoms with E-state index in [2.05, 4.69) is 0 Å². The summed E-state index contributed by atoms with van der Waals surface area (Å²) in [6.07, 6.45) is 0.548. The monoisotopic (exact) mass is 382 g/mol. The summed E-state index contributed by atoms with van der Waals surface area (Å²) in [4.78, 5) is 24.8. The number of hydrogen-bond donors (Lipinski definition) is 0. The van der Waals surface area contributed by atoms with E-state index in [4.69, 9.17) is 23.2 Å². The SMILES string of the molecule is O=C(Cc1cccc(Cl)c1)c1ccc(C(=O)Cc2cccc(Cl)c2)cc1. The molecule has 0 unspecified atom stereocenters. The van der Waals surface area contributed by atoms with Crippen LogP contribution >= 0.6 is 23.2 Å². The summed E-state index contributed by atoms with van der Waals surface area (Å²) in [6.45, 7) is 0. The molecule has 0 spiro atoms. The first-order chi connectivity index (χ1) is 12.5. The summed E-state index contributed by atoms with van der Waals surface area (Å²) in [7, 11) is 0. The van der Waals surface area contributed by atoms with E-state index >= 15 is 0 Å². The molecule has 0 heterocycles. The van der Waals surface area contributed by atoms with E-state index in [-0.39, 0.29) is 24.4 Å². The van der Waals surface area contributed by atoms with Gasteiger partial charge in [-0.25, -0.2) is 0 Å². The highest BCUT2D eigenvalue weighted by molar-refractivity contribution is 6.31. The zero-order chi connectivity index (χ0) is 18.5. The van der Waals surface area contributed by atoms with Gasteiger partial charge in [0.2, 0.25) is 0 Å². The molecule has 0 N–H and O–H groups in total. The zero-order valence-electron chi connectivity index (χ0n) is 13.9. The number of carbonyl (C=O) groups is 2. The molecule has 0 saturated carbocycles. The topological polar surface area (TPSA) is 34.1 Å². The molecule has 0 bridgehead atoms. The number of Topliss-reactive ketones (excluding diaryl/α,β-unsaturated/α-hetero) is 2. The molecule has 3 aromatic rings. The molecule has 0 fully saturated rings. The van der Waals surface area contributed by atoms with Gasteiger partial charge in [0.1, 0.15) is 0 Å². The summed E-state index contributed by atoms with van der Waals surface area (Å²) < 4.78 is 0.